The Balaban J connectivity index is 0.00000304. The maximum atomic E-state index is 13.1. The summed E-state index contributed by atoms with van der Waals surface area (Å²) in [4.78, 5) is 25.8. The highest BCUT2D eigenvalue weighted by atomic mass is 35.5. The van der Waals surface area contributed by atoms with Crippen molar-refractivity contribution in [1.82, 2.24) is 5.32 Å². The highest BCUT2D eigenvalue weighted by Gasteiger charge is 2.53. The molecular weight excluding hydrogens is 484 g/mol. The lowest BCUT2D eigenvalue weighted by atomic mass is 9.77. The van der Waals surface area contributed by atoms with Crippen LogP contribution in [0.2, 0.25) is 0 Å². The van der Waals surface area contributed by atoms with Gasteiger partial charge >= 0.3 is 5.97 Å². The van der Waals surface area contributed by atoms with Gasteiger partial charge in [-0.2, -0.15) is 0 Å². The van der Waals surface area contributed by atoms with Gasteiger partial charge < -0.3 is 30.7 Å². The molecule has 36 heavy (non-hydrogen) atoms. The van der Waals surface area contributed by atoms with Crippen molar-refractivity contribution in [2.24, 2.45) is 5.73 Å². The molecule has 0 aliphatic carbocycles. The first-order valence-corrected chi connectivity index (χ1v) is 11.6. The summed E-state index contributed by atoms with van der Waals surface area (Å²) in [5.74, 6) is -0.246. The number of halogens is 1. The molecule has 2 aliphatic heterocycles. The Morgan fingerprint density at radius 3 is 2.11 bits per heavy atom. The monoisotopic (exact) mass is 510 g/mol. The van der Waals surface area contributed by atoms with Crippen molar-refractivity contribution in [3.8, 4) is 23.0 Å². The fourth-order valence-electron chi connectivity index (χ4n) is 4.77. The average molecular weight is 511 g/mol. The molecule has 0 saturated heterocycles. The maximum Gasteiger partial charge on any atom is 0.340 e. The van der Waals surface area contributed by atoms with Crippen LogP contribution in [0.5, 0.6) is 23.0 Å². The number of unbranched alkanes of at least 4 members (excludes halogenated alkanes) is 3. The second kappa shape index (κ2) is 10.1. The molecule has 0 bridgehead atoms. The van der Waals surface area contributed by atoms with E-state index in [1.807, 2.05) is 0 Å². The van der Waals surface area contributed by atoms with Crippen molar-refractivity contribution in [3.05, 3.63) is 82.4 Å². The number of phenolic OH excluding ortho intramolecular Hbond substituents is 2. The second-order valence-corrected chi connectivity index (χ2v) is 8.75. The zero-order valence-corrected chi connectivity index (χ0v) is 20.3. The smallest absolute Gasteiger partial charge is 0.340 e. The molecule has 0 saturated carbocycles. The van der Waals surface area contributed by atoms with E-state index in [1.54, 1.807) is 30.3 Å². The minimum Gasteiger partial charge on any atom is -0.508 e. The third kappa shape index (κ3) is 4.23. The fourth-order valence-corrected chi connectivity index (χ4v) is 4.77. The summed E-state index contributed by atoms with van der Waals surface area (Å²) >= 11 is 0. The SMILES string of the molecule is Cl.NCCCCCCNC(=O)c1ccc2c(c1)C(=O)OC21c2ccc(O)cc2Oc2cc(O)ccc21. The van der Waals surface area contributed by atoms with E-state index < -0.39 is 11.6 Å². The molecule has 0 atom stereocenters. The summed E-state index contributed by atoms with van der Waals surface area (Å²) in [6.45, 7) is 1.21. The Bertz CT molecular complexity index is 1270. The van der Waals surface area contributed by atoms with Gasteiger partial charge in [-0.15, -0.1) is 12.4 Å². The summed E-state index contributed by atoms with van der Waals surface area (Å²) in [6.07, 6.45) is 3.85. The van der Waals surface area contributed by atoms with Crippen LogP contribution in [0.3, 0.4) is 0 Å². The molecule has 0 aromatic heterocycles. The standard InChI is InChI=1S/C27H26N2O6.ClH/c28-11-3-1-2-4-12-29-25(32)16-5-8-20-19(13-16)26(33)35-27(20)21-9-6-17(30)14-23(21)34-24-15-18(31)7-10-22(24)27;/h5-10,13-15,30-31H,1-4,11-12,28H2,(H,29,32);1H. The van der Waals surface area contributed by atoms with Crippen molar-refractivity contribution in [2.75, 3.05) is 13.1 Å². The molecule has 0 fully saturated rings. The van der Waals surface area contributed by atoms with Gasteiger partial charge in [0.2, 0.25) is 0 Å². The molecular formula is C27H27ClN2O6. The topological polar surface area (TPSA) is 131 Å². The summed E-state index contributed by atoms with van der Waals surface area (Å²) in [5.41, 5.74) is 6.44. The van der Waals surface area contributed by atoms with Gasteiger partial charge in [-0.3, -0.25) is 4.79 Å². The lowest BCUT2D eigenvalue weighted by Crippen LogP contribution is -2.33. The molecule has 1 amide bonds. The number of hydrogen-bond donors (Lipinski definition) is 4. The number of esters is 1. The van der Waals surface area contributed by atoms with Crippen LogP contribution in [-0.4, -0.2) is 35.2 Å². The number of nitrogens with two attached hydrogens (primary N) is 1. The Kier molecular flexibility index (Phi) is 7.10. The minimum absolute atomic E-state index is 0. The van der Waals surface area contributed by atoms with Crippen molar-refractivity contribution < 1.29 is 29.3 Å². The van der Waals surface area contributed by atoms with Gasteiger partial charge in [-0.25, -0.2) is 4.79 Å². The van der Waals surface area contributed by atoms with Crippen LogP contribution in [0.25, 0.3) is 0 Å². The van der Waals surface area contributed by atoms with Crippen molar-refractivity contribution in [1.29, 1.82) is 0 Å². The van der Waals surface area contributed by atoms with Crippen LogP contribution in [0.1, 0.15) is 63.1 Å². The summed E-state index contributed by atoms with van der Waals surface area (Å²) < 4.78 is 12.0. The largest absolute Gasteiger partial charge is 0.508 e. The molecule has 0 radical (unpaired) electrons. The lowest BCUT2D eigenvalue weighted by Gasteiger charge is -2.36. The summed E-state index contributed by atoms with van der Waals surface area (Å²) in [5, 5.41) is 22.9. The Morgan fingerprint density at radius 1 is 0.861 bits per heavy atom. The van der Waals surface area contributed by atoms with Crippen molar-refractivity contribution in [2.45, 2.75) is 31.3 Å². The number of aromatic hydroxyl groups is 2. The van der Waals surface area contributed by atoms with Crippen LogP contribution in [0, 0.1) is 0 Å². The molecule has 0 unspecified atom stereocenters. The molecule has 3 aromatic carbocycles. The average Bonchev–Trinajstić information content (AvgIpc) is 3.13. The van der Waals surface area contributed by atoms with Crippen LogP contribution in [0.4, 0.5) is 0 Å². The molecule has 3 aromatic rings. The van der Waals surface area contributed by atoms with E-state index in [1.165, 1.54) is 24.3 Å². The predicted octanol–water partition coefficient (Wildman–Crippen LogP) is 4.34. The van der Waals surface area contributed by atoms with Gasteiger partial charge in [0.25, 0.3) is 5.91 Å². The number of benzene rings is 3. The van der Waals surface area contributed by atoms with Gasteiger partial charge in [0, 0.05) is 40.9 Å². The Morgan fingerprint density at radius 2 is 1.47 bits per heavy atom. The minimum atomic E-state index is -1.34. The number of carbonyl (C=O) groups excluding carboxylic acids is 2. The van der Waals surface area contributed by atoms with Gasteiger partial charge in [0.1, 0.15) is 23.0 Å². The van der Waals surface area contributed by atoms with Crippen LogP contribution >= 0.6 is 12.4 Å². The number of amides is 1. The first-order chi connectivity index (χ1) is 16.9. The number of phenols is 2. The third-order valence-corrected chi connectivity index (χ3v) is 6.45. The van der Waals surface area contributed by atoms with E-state index in [9.17, 15) is 19.8 Å². The van der Waals surface area contributed by atoms with Gasteiger partial charge in [0.15, 0.2) is 5.60 Å². The van der Waals surface area contributed by atoms with Crippen molar-refractivity contribution in [3.63, 3.8) is 0 Å². The molecule has 1 spiro atoms. The number of nitrogens with one attached hydrogen (secondary N) is 1. The highest BCUT2D eigenvalue weighted by molar-refractivity contribution is 6.01. The molecule has 8 nitrogen and oxygen atoms in total. The zero-order valence-electron chi connectivity index (χ0n) is 19.5. The lowest BCUT2D eigenvalue weighted by molar-refractivity contribution is 0.0224. The fraction of sp³-hybridized carbons (Fsp3) is 0.259. The molecule has 2 aliphatic rings. The van der Waals surface area contributed by atoms with Gasteiger partial charge in [-0.1, -0.05) is 18.9 Å². The molecule has 188 valence electrons. The number of carbonyl (C=O) groups is 2. The van der Waals surface area contributed by atoms with Crippen LogP contribution < -0.4 is 15.8 Å². The number of fused-ring (bicyclic) bond motifs is 6. The maximum absolute atomic E-state index is 13.1. The third-order valence-electron chi connectivity index (χ3n) is 6.45. The van der Waals surface area contributed by atoms with E-state index >= 15 is 0 Å². The number of hydrogen-bond acceptors (Lipinski definition) is 7. The van der Waals surface area contributed by atoms with Crippen LogP contribution in [-0.2, 0) is 10.3 Å². The number of ether oxygens (including phenoxy) is 2. The van der Waals surface area contributed by atoms with E-state index in [-0.39, 0.29) is 35.4 Å². The summed E-state index contributed by atoms with van der Waals surface area (Å²) in [7, 11) is 0. The Labute approximate surface area is 214 Å². The molecule has 9 heteroatoms. The quantitative estimate of drug-likeness (QED) is 0.275. The van der Waals surface area contributed by atoms with Gasteiger partial charge in [-0.05, 0) is 55.8 Å². The normalized spacial score (nSPS) is 14.1. The second-order valence-electron chi connectivity index (χ2n) is 8.75. The predicted molar refractivity (Wildman–Crippen MR) is 135 cm³/mol. The van der Waals surface area contributed by atoms with E-state index in [0.717, 1.165) is 25.7 Å². The summed E-state index contributed by atoms with van der Waals surface area (Å²) in [6, 6.07) is 14.1. The molecule has 5 rings (SSSR count). The van der Waals surface area contributed by atoms with E-state index in [0.29, 0.717) is 46.8 Å². The zero-order chi connectivity index (χ0) is 24.6. The number of rotatable bonds is 7. The van der Waals surface area contributed by atoms with E-state index in [2.05, 4.69) is 5.32 Å². The first-order valence-electron chi connectivity index (χ1n) is 11.6. The molecule has 2 heterocycles. The van der Waals surface area contributed by atoms with Crippen LogP contribution in [0.15, 0.2) is 54.6 Å². The Hall–Kier alpha value is -3.75. The van der Waals surface area contributed by atoms with Gasteiger partial charge in [0.05, 0.1) is 5.56 Å². The molecule has 5 N–H and O–H groups in total. The van der Waals surface area contributed by atoms with Crippen molar-refractivity contribution >= 4 is 24.3 Å². The van der Waals surface area contributed by atoms with E-state index in [4.69, 9.17) is 15.2 Å². The first kappa shape index (κ1) is 25.3. The highest BCUT2D eigenvalue weighted by Crippen LogP contribution is 2.57.